The summed E-state index contributed by atoms with van der Waals surface area (Å²) >= 11 is 0. The minimum Gasteiger partial charge on any atom is -0.364 e. The molecule has 1 aromatic heterocycles. The molecule has 1 aliphatic carbocycles. The molecule has 1 heterocycles. The predicted molar refractivity (Wildman–Crippen MR) is 60.7 cm³/mol. The van der Waals surface area contributed by atoms with Crippen LogP contribution in [0.4, 0.5) is 0 Å². The molecular weight excluding hydrogens is 188 g/mol. The Bertz CT molecular complexity index is 441. The molecule has 0 spiro atoms. The molecule has 0 saturated carbocycles. The van der Waals surface area contributed by atoms with Crippen LogP contribution in [-0.2, 0) is 12.8 Å². The van der Waals surface area contributed by atoms with E-state index in [2.05, 4.69) is 18.0 Å². The molecule has 2 rings (SSSR count). The van der Waals surface area contributed by atoms with Gasteiger partial charge >= 0.3 is 0 Å². The van der Waals surface area contributed by atoms with Gasteiger partial charge in [0.15, 0.2) is 0 Å². The van der Waals surface area contributed by atoms with Crippen molar-refractivity contribution in [2.24, 2.45) is 5.73 Å². The van der Waals surface area contributed by atoms with Crippen molar-refractivity contribution in [3.05, 3.63) is 40.7 Å². The van der Waals surface area contributed by atoms with Gasteiger partial charge in [-0.2, -0.15) is 0 Å². The molecule has 1 aliphatic rings. The van der Waals surface area contributed by atoms with Gasteiger partial charge in [0.2, 0.25) is 0 Å². The minimum absolute atomic E-state index is 0. The minimum atomic E-state index is -0.452. The van der Waals surface area contributed by atoms with Gasteiger partial charge in [-0.25, -0.2) is 4.98 Å². The van der Waals surface area contributed by atoms with E-state index in [9.17, 15) is 4.79 Å². The van der Waals surface area contributed by atoms with Gasteiger partial charge in [0.05, 0.1) is 0 Å². The Morgan fingerprint density at radius 3 is 3.00 bits per heavy atom. The summed E-state index contributed by atoms with van der Waals surface area (Å²) in [5.74, 6) is -0.452. The number of primary amides is 1. The number of hydrogen-bond donors (Lipinski definition) is 1. The van der Waals surface area contributed by atoms with E-state index in [-0.39, 0.29) is 1.43 Å². The highest BCUT2D eigenvalue weighted by molar-refractivity contribution is 5.90. The summed E-state index contributed by atoms with van der Waals surface area (Å²) in [7, 11) is 0. The van der Waals surface area contributed by atoms with Gasteiger partial charge in [-0.15, -0.1) is 0 Å². The number of rotatable bonds is 1. The molecule has 0 fully saturated rings. The van der Waals surface area contributed by atoms with E-state index in [1.54, 1.807) is 6.07 Å². The van der Waals surface area contributed by atoms with Crippen LogP contribution in [-0.4, -0.2) is 10.9 Å². The Labute approximate surface area is 90.5 Å². The first kappa shape index (κ1) is 9.90. The lowest BCUT2D eigenvalue weighted by atomic mass is 10.1. The van der Waals surface area contributed by atoms with Gasteiger partial charge in [0, 0.05) is 7.12 Å². The van der Waals surface area contributed by atoms with Crippen molar-refractivity contribution in [2.45, 2.75) is 26.2 Å². The Hall–Kier alpha value is -1.64. The van der Waals surface area contributed by atoms with E-state index in [0.29, 0.717) is 5.69 Å². The SMILES string of the molecule is CC1=CCc2ccc(C(N)=O)nc2CC1.[HH]. The standard InChI is InChI=1S/C12H14N2O.H2/c1-8-2-4-9-5-7-11(12(13)15)14-10(9)6-3-8;/h2,5,7H,3-4,6H2,1H3,(H2,13,15);1H. The van der Waals surface area contributed by atoms with Crippen LogP contribution in [0.5, 0.6) is 0 Å². The van der Waals surface area contributed by atoms with Crippen molar-refractivity contribution in [2.75, 3.05) is 0 Å². The second-order valence-corrected chi connectivity index (χ2v) is 3.92. The number of nitrogens with two attached hydrogens (primary N) is 1. The highest BCUT2D eigenvalue weighted by atomic mass is 16.1. The number of pyridine rings is 1. The number of allylic oxidation sites excluding steroid dienone is 2. The fourth-order valence-corrected chi connectivity index (χ4v) is 1.77. The summed E-state index contributed by atoms with van der Waals surface area (Å²) in [6.07, 6.45) is 5.05. The van der Waals surface area contributed by atoms with Crippen LogP contribution in [0.1, 0.15) is 36.5 Å². The van der Waals surface area contributed by atoms with E-state index < -0.39 is 5.91 Å². The highest BCUT2D eigenvalue weighted by Gasteiger charge is 2.11. The number of hydrogen-bond acceptors (Lipinski definition) is 2. The maximum atomic E-state index is 11.0. The van der Waals surface area contributed by atoms with Crippen LogP contribution >= 0.6 is 0 Å². The average molecular weight is 204 g/mol. The monoisotopic (exact) mass is 204 g/mol. The number of aryl methyl sites for hydroxylation is 1. The van der Waals surface area contributed by atoms with Crippen LogP contribution in [0.15, 0.2) is 23.8 Å². The number of carbonyl (C=O) groups is 1. The van der Waals surface area contributed by atoms with Crippen LogP contribution < -0.4 is 5.73 Å². The largest absolute Gasteiger partial charge is 0.364 e. The quantitative estimate of drug-likeness (QED) is 0.710. The summed E-state index contributed by atoms with van der Waals surface area (Å²) in [5.41, 5.74) is 9.17. The normalized spacial score (nSPS) is 15.1. The van der Waals surface area contributed by atoms with Crippen LogP contribution in [0.3, 0.4) is 0 Å². The number of carbonyl (C=O) groups excluding carboxylic acids is 1. The molecule has 3 nitrogen and oxygen atoms in total. The molecule has 3 heteroatoms. The summed E-state index contributed by atoms with van der Waals surface area (Å²) in [5, 5.41) is 0. The molecule has 2 N–H and O–H groups in total. The Morgan fingerprint density at radius 2 is 2.27 bits per heavy atom. The third-order valence-electron chi connectivity index (χ3n) is 2.75. The van der Waals surface area contributed by atoms with Crippen molar-refractivity contribution >= 4 is 5.91 Å². The molecule has 1 amide bonds. The molecule has 0 aromatic carbocycles. The Kier molecular flexibility index (Phi) is 2.54. The Morgan fingerprint density at radius 1 is 1.47 bits per heavy atom. The van der Waals surface area contributed by atoms with Gasteiger partial charge < -0.3 is 5.73 Å². The van der Waals surface area contributed by atoms with Crippen LogP contribution in [0.2, 0.25) is 0 Å². The fraction of sp³-hybridized carbons (Fsp3) is 0.333. The Balaban J connectivity index is 0.00000128. The van der Waals surface area contributed by atoms with Gasteiger partial charge in [0.1, 0.15) is 5.69 Å². The van der Waals surface area contributed by atoms with Gasteiger partial charge in [-0.3, -0.25) is 4.79 Å². The number of nitrogens with zero attached hydrogens (tertiary/aromatic N) is 1. The highest BCUT2D eigenvalue weighted by Crippen LogP contribution is 2.18. The first-order valence-electron chi connectivity index (χ1n) is 5.11. The van der Waals surface area contributed by atoms with Crippen molar-refractivity contribution in [3.8, 4) is 0 Å². The summed E-state index contributed by atoms with van der Waals surface area (Å²) in [6.45, 7) is 2.13. The van der Waals surface area contributed by atoms with E-state index >= 15 is 0 Å². The molecule has 0 aliphatic heterocycles. The lowest BCUT2D eigenvalue weighted by molar-refractivity contribution is 0.0995. The van der Waals surface area contributed by atoms with Crippen molar-refractivity contribution in [1.29, 1.82) is 0 Å². The van der Waals surface area contributed by atoms with Crippen LogP contribution in [0, 0.1) is 0 Å². The molecular formula is C12H16N2O. The number of fused-ring (bicyclic) bond motifs is 1. The smallest absolute Gasteiger partial charge is 0.267 e. The van der Waals surface area contributed by atoms with E-state index in [1.807, 2.05) is 6.07 Å². The van der Waals surface area contributed by atoms with Crippen molar-refractivity contribution in [1.82, 2.24) is 4.98 Å². The molecule has 0 atom stereocenters. The molecule has 0 bridgehead atoms. The summed E-state index contributed by atoms with van der Waals surface area (Å²) in [6, 6.07) is 3.66. The van der Waals surface area contributed by atoms with Crippen molar-refractivity contribution < 1.29 is 6.22 Å². The molecule has 15 heavy (non-hydrogen) atoms. The van der Waals surface area contributed by atoms with E-state index in [4.69, 9.17) is 5.73 Å². The van der Waals surface area contributed by atoms with E-state index in [0.717, 1.165) is 25.0 Å². The molecule has 0 radical (unpaired) electrons. The number of aromatic nitrogens is 1. The first-order chi connectivity index (χ1) is 7.16. The molecule has 1 aromatic rings. The first-order valence-corrected chi connectivity index (χ1v) is 5.11. The molecule has 0 saturated heterocycles. The zero-order chi connectivity index (χ0) is 10.8. The maximum absolute atomic E-state index is 11.0. The topological polar surface area (TPSA) is 56.0 Å². The maximum Gasteiger partial charge on any atom is 0.267 e. The summed E-state index contributed by atoms with van der Waals surface area (Å²) in [4.78, 5) is 15.3. The second-order valence-electron chi connectivity index (χ2n) is 3.92. The van der Waals surface area contributed by atoms with Crippen molar-refractivity contribution in [3.63, 3.8) is 0 Å². The van der Waals surface area contributed by atoms with Crippen LogP contribution in [0.25, 0.3) is 0 Å². The molecule has 80 valence electrons. The average Bonchev–Trinajstić information content (AvgIpc) is 2.40. The third-order valence-corrected chi connectivity index (χ3v) is 2.75. The fourth-order valence-electron chi connectivity index (χ4n) is 1.77. The van der Waals surface area contributed by atoms with E-state index in [1.165, 1.54) is 11.1 Å². The van der Waals surface area contributed by atoms with Gasteiger partial charge in [-0.1, -0.05) is 17.7 Å². The zero-order valence-electron chi connectivity index (χ0n) is 8.79. The third kappa shape index (κ3) is 2.06. The molecule has 0 unspecified atom stereocenters. The number of amides is 1. The van der Waals surface area contributed by atoms with Gasteiger partial charge in [-0.05, 0) is 37.8 Å². The zero-order valence-corrected chi connectivity index (χ0v) is 8.79. The second kappa shape index (κ2) is 3.85. The van der Waals surface area contributed by atoms with Gasteiger partial charge in [0.25, 0.3) is 5.91 Å². The predicted octanol–water partition coefficient (Wildman–Crippen LogP) is 1.86. The lowest BCUT2D eigenvalue weighted by Gasteiger charge is -2.05. The lowest BCUT2D eigenvalue weighted by Crippen LogP contribution is -2.14. The summed E-state index contributed by atoms with van der Waals surface area (Å²) < 4.78 is 0.